The summed E-state index contributed by atoms with van der Waals surface area (Å²) in [7, 11) is 0. The van der Waals surface area contributed by atoms with Crippen LogP contribution in [-0.4, -0.2) is 60.9 Å². The lowest BCUT2D eigenvalue weighted by molar-refractivity contribution is -0.139. The fourth-order valence-electron chi connectivity index (χ4n) is 1.98. The molecule has 100 valence electrons. The number of rotatable bonds is 6. The molecule has 5 heteroatoms. The van der Waals surface area contributed by atoms with Crippen LogP contribution in [0.4, 0.5) is 0 Å². The van der Waals surface area contributed by atoms with E-state index in [-0.39, 0.29) is 6.10 Å². The van der Waals surface area contributed by atoms with Gasteiger partial charge in [0.05, 0.1) is 12.7 Å². The van der Waals surface area contributed by atoms with Crippen LogP contribution in [0.5, 0.6) is 0 Å². The van der Waals surface area contributed by atoms with Gasteiger partial charge in [-0.25, -0.2) is 0 Å². The third-order valence-corrected chi connectivity index (χ3v) is 2.87. The van der Waals surface area contributed by atoms with Gasteiger partial charge >= 0.3 is 5.97 Å². The summed E-state index contributed by atoms with van der Waals surface area (Å²) in [6.07, 6.45) is 0.101. The summed E-state index contributed by atoms with van der Waals surface area (Å²) in [4.78, 5) is 13.0. The normalized spacial score (nSPS) is 23.9. The van der Waals surface area contributed by atoms with Crippen LogP contribution in [0.15, 0.2) is 0 Å². The van der Waals surface area contributed by atoms with Gasteiger partial charge in [-0.05, 0) is 12.8 Å². The van der Waals surface area contributed by atoms with Crippen LogP contribution in [0.3, 0.4) is 0 Å². The van der Waals surface area contributed by atoms with E-state index in [0.29, 0.717) is 12.5 Å². The Bertz CT molecular complexity index is 246. The zero-order valence-electron chi connectivity index (χ0n) is 11.0. The second-order valence-electron chi connectivity index (χ2n) is 5.11. The molecule has 0 amide bonds. The Balaban J connectivity index is 2.27. The minimum atomic E-state index is -0.820. The molecular formula is C12H24N2O3. The lowest BCUT2D eigenvalue weighted by Crippen LogP contribution is -2.49. The predicted molar refractivity (Wildman–Crippen MR) is 66.1 cm³/mol. The number of aliphatic carboxylic acids is 1. The molecule has 0 aromatic carbocycles. The first kappa shape index (κ1) is 14.4. The first-order chi connectivity index (χ1) is 7.99. The fraction of sp³-hybridized carbons (Fsp3) is 0.917. The van der Waals surface area contributed by atoms with Gasteiger partial charge in [0, 0.05) is 26.2 Å². The maximum atomic E-state index is 10.7. The molecule has 1 aliphatic rings. The first-order valence-electron chi connectivity index (χ1n) is 6.29. The molecule has 1 rings (SSSR count). The van der Waals surface area contributed by atoms with Crippen LogP contribution in [0.25, 0.3) is 0 Å². The number of carboxylic acid groups (broad SMARTS) is 1. The van der Waals surface area contributed by atoms with E-state index in [9.17, 15) is 4.79 Å². The molecule has 0 aliphatic carbocycles. The van der Waals surface area contributed by atoms with Gasteiger partial charge < -0.3 is 15.2 Å². The van der Waals surface area contributed by atoms with Crippen LogP contribution < -0.4 is 5.32 Å². The Morgan fingerprint density at radius 1 is 1.53 bits per heavy atom. The Hall–Kier alpha value is -0.650. The summed E-state index contributed by atoms with van der Waals surface area (Å²) >= 11 is 0. The quantitative estimate of drug-likeness (QED) is 0.708. The molecule has 1 aliphatic heterocycles. The zero-order valence-corrected chi connectivity index (χ0v) is 11.0. The maximum Gasteiger partial charge on any atom is 0.320 e. The highest BCUT2D eigenvalue weighted by Crippen LogP contribution is 2.07. The van der Waals surface area contributed by atoms with Crippen molar-refractivity contribution in [2.75, 3.05) is 32.8 Å². The fourth-order valence-corrected chi connectivity index (χ4v) is 1.98. The van der Waals surface area contributed by atoms with Gasteiger partial charge in [0.2, 0.25) is 0 Å². The summed E-state index contributed by atoms with van der Waals surface area (Å²) in [5, 5.41) is 11.7. The van der Waals surface area contributed by atoms with Gasteiger partial charge in [-0.1, -0.05) is 13.8 Å². The van der Waals surface area contributed by atoms with Gasteiger partial charge in [0.25, 0.3) is 0 Å². The standard InChI is InChI=1S/C12H24N2O3/c1-9(2)7-14-4-5-17-11(8-14)6-13-10(3)12(15)16/h9-11,13H,4-8H2,1-3H3,(H,15,16)/t10-,11?/m0/s1. The van der Waals surface area contributed by atoms with Crippen molar-refractivity contribution < 1.29 is 14.6 Å². The van der Waals surface area contributed by atoms with Crippen molar-refractivity contribution in [3.63, 3.8) is 0 Å². The minimum Gasteiger partial charge on any atom is -0.480 e. The highest BCUT2D eigenvalue weighted by Gasteiger charge is 2.22. The number of carbonyl (C=O) groups is 1. The third-order valence-electron chi connectivity index (χ3n) is 2.87. The average Bonchev–Trinajstić information content (AvgIpc) is 2.25. The summed E-state index contributed by atoms with van der Waals surface area (Å²) in [6.45, 7) is 10.3. The third kappa shape index (κ3) is 5.48. The molecule has 1 saturated heterocycles. The van der Waals surface area contributed by atoms with E-state index in [1.807, 2.05) is 0 Å². The van der Waals surface area contributed by atoms with Crippen molar-refractivity contribution in [3.05, 3.63) is 0 Å². The monoisotopic (exact) mass is 244 g/mol. The lowest BCUT2D eigenvalue weighted by atomic mass is 10.1. The Kier molecular flexibility index (Phi) is 5.88. The zero-order chi connectivity index (χ0) is 12.8. The van der Waals surface area contributed by atoms with Crippen molar-refractivity contribution in [2.24, 2.45) is 5.92 Å². The Morgan fingerprint density at radius 2 is 2.24 bits per heavy atom. The largest absolute Gasteiger partial charge is 0.480 e. The second kappa shape index (κ2) is 6.93. The van der Waals surface area contributed by atoms with E-state index in [0.717, 1.165) is 26.2 Å². The van der Waals surface area contributed by atoms with Gasteiger partial charge in [-0.2, -0.15) is 0 Å². The number of ether oxygens (including phenoxy) is 1. The summed E-state index contributed by atoms with van der Waals surface area (Å²) in [6, 6.07) is -0.515. The van der Waals surface area contributed by atoms with Crippen molar-refractivity contribution in [1.29, 1.82) is 0 Å². The van der Waals surface area contributed by atoms with E-state index in [1.54, 1.807) is 6.92 Å². The SMILES string of the molecule is CC(C)CN1CCOC(CN[C@@H](C)C(=O)O)C1. The molecule has 1 unspecified atom stereocenters. The molecule has 1 fully saturated rings. The van der Waals surface area contributed by atoms with Crippen LogP contribution in [0, 0.1) is 5.92 Å². The molecule has 2 N–H and O–H groups in total. The summed E-state index contributed by atoms with van der Waals surface area (Å²) in [5.74, 6) is -0.167. The van der Waals surface area contributed by atoms with Crippen LogP contribution in [-0.2, 0) is 9.53 Å². The molecule has 0 spiro atoms. The number of nitrogens with one attached hydrogen (secondary N) is 1. The molecule has 0 saturated carbocycles. The van der Waals surface area contributed by atoms with Crippen molar-refractivity contribution in [3.8, 4) is 0 Å². The molecule has 0 radical (unpaired) electrons. The highest BCUT2D eigenvalue weighted by atomic mass is 16.5. The van der Waals surface area contributed by atoms with Crippen molar-refractivity contribution in [2.45, 2.75) is 32.9 Å². The van der Waals surface area contributed by atoms with E-state index >= 15 is 0 Å². The van der Waals surface area contributed by atoms with E-state index < -0.39 is 12.0 Å². The van der Waals surface area contributed by atoms with Gasteiger partial charge in [-0.15, -0.1) is 0 Å². The molecule has 0 aromatic rings. The molecule has 17 heavy (non-hydrogen) atoms. The topological polar surface area (TPSA) is 61.8 Å². The van der Waals surface area contributed by atoms with Crippen LogP contribution >= 0.6 is 0 Å². The van der Waals surface area contributed by atoms with Gasteiger partial charge in [0.15, 0.2) is 0 Å². The maximum absolute atomic E-state index is 10.7. The van der Waals surface area contributed by atoms with Crippen LogP contribution in [0.1, 0.15) is 20.8 Å². The van der Waals surface area contributed by atoms with Crippen molar-refractivity contribution >= 4 is 5.97 Å². The Morgan fingerprint density at radius 3 is 2.82 bits per heavy atom. The van der Waals surface area contributed by atoms with E-state index in [1.165, 1.54) is 0 Å². The Labute approximate surface area is 103 Å². The number of hydrogen-bond donors (Lipinski definition) is 2. The molecule has 1 heterocycles. The average molecular weight is 244 g/mol. The first-order valence-corrected chi connectivity index (χ1v) is 6.29. The lowest BCUT2D eigenvalue weighted by Gasteiger charge is -2.34. The van der Waals surface area contributed by atoms with E-state index in [2.05, 4.69) is 24.1 Å². The number of carboxylic acids is 1. The molecule has 2 atom stereocenters. The molecule has 5 nitrogen and oxygen atoms in total. The van der Waals surface area contributed by atoms with Gasteiger partial charge in [-0.3, -0.25) is 9.69 Å². The van der Waals surface area contributed by atoms with Gasteiger partial charge in [0.1, 0.15) is 6.04 Å². The van der Waals surface area contributed by atoms with Crippen molar-refractivity contribution in [1.82, 2.24) is 10.2 Å². The molecular weight excluding hydrogens is 220 g/mol. The van der Waals surface area contributed by atoms with E-state index in [4.69, 9.17) is 9.84 Å². The number of nitrogens with zero attached hydrogens (tertiary/aromatic N) is 1. The second-order valence-corrected chi connectivity index (χ2v) is 5.11. The summed E-state index contributed by atoms with van der Waals surface area (Å²) < 4.78 is 5.62. The number of morpholine rings is 1. The smallest absolute Gasteiger partial charge is 0.320 e. The minimum absolute atomic E-state index is 0.101. The predicted octanol–water partition coefficient (Wildman–Crippen LogP) is 0.406. The number of hydrogen-bond acceptors (Lipinski definition) is 4. The highest BCUT2D eigenvalue weighted by molar-refractivity contribution is 5.72. The molecule has 0 aromatic heterocycles. The molecule has 0 bridgehead atoms. The summed E-state index contributed by atoms with van der Waals surface area (Å²) in [5.41, 5.74) is 0. The van der Waals surface area contributed by atoms with Crippen LogP contribution in [0.2, 0.25) is 0 Å².